The monoisotopic (exact) mass is 224 g/mol. The molecule has 2 fully saturated rings. The van der Waals surface area contributed by atoms with E-state index in [9.17, 15) is 4.79 Å². The largest absolute Gasteiger partial charge is 0.464 e. The summed E-state index contributed by atoms with van der Waals surface area (Å²) in [4.78, 5) is 10.6. The summed E-state index contributed by atoms with van der Waals surface area (Å²) in [5, 5.41) is 0. The molecule has 0 spiro atoms. The number of fused-ring (bicyclic) bond motifs is 1. The molecule has 0 aliphatic heterocycles. The molecule has 1 unspecified atom stereocenters. The molecule has 2 nitrogen and oxygen atoms in total. The van der Waals surface area contributed by atoms with Gasteiger partial charge in [-0.15, -0.1) is 0 Å². The summed E-state index contributed by atoms with van der Waals surface area (Å²) in [6.07, 6.45) is 4.99. The van der Waals surface area contributed by atoms with E-state index in [2.05, 4.69) is 27.7 Å². The van der Waals surface area contributed by atoms with Crippen LogP contribution in [0.4, 0.5) is 0 Å². The molecule has 2 heteroatoms. The predicted molar refractivity (Wildman–Crippen MR) is 63.9 cm³/mol. The highest BCUT2D eigenvalue weighted by atomic mass is 16.5. The fraction of sp³-hybridized carbons (Fsp3) is 0.929. The second-order valence-electron chi connectivity index (χ2n) is 6.62. The van der Waals surface area contributed by atoms with Gasteiger partial charge in [-0.3, -0.25) is 4.79 Å². The van der Waals surface area contributed by atoms with E-state index in [1.54, 1.807) is 0 Å². The third-order valence-electron chi connectivity index (χ3n) is 5.70. The molecule has 16 heavy (non-hydrogen) atoms. The fourth-order valence-electron chi connectivity index (χ4n) is 4.41. The van der Waals surface area contributed by atoms with E-state index >= 15 is 0 Å². The van der Waals surface area contributed by atoms with Crippen LogP contribution in [0.1, 0.15) is 53.4 Å². The molecule has 2 rings (SSSR count). The van der Waals surface area contributed by atoms with Crippen LogP contribution in [-0.4, -0.2) is 12.6 Å². The van der Waals surface area contributed by atoms with E-state index < -0.39 is 0 Å². The number of carbonyl (C=O) groups is 1. The van der Waals surface area contributed by atoms with Crippen molar-refractivity contribution < 1.29 is 9.53 Å². The standard InChI is InChI=1S/C14H24O2/c1-10-5-6-11-13(2,3)12(16-9-15)7-8-14(10,11)4/h9-12H,5-8H2,1-4H3/t10-,11?,12-,14-/m1/s1. The van der Waals surface area contributed by atoms with E-state index in [0.29, 0.717) is 17.8 Å². The highest BCUT2D eigenvalue weighted by molar-refractivity contribution is 5.38. The predicted octanol–water partition coefficient (Wildman–Crippen LogP) is 3.40. The molecule has 0 heterocycles. The average Bonchev–Trinajstić information content (AvgIpc) is 2.50. The fourth-order valence-corrected chi connectivity index (χ4v) is 4.41. The van der Waals surface area contributed by atoms with Crippen molar-refractivity contribution in [1.82, 2.24) is 0 Å². The highest BCUT2D eigenvalue weighted by Crippen LogP contribution is 2.61. The number of hydrogen-bond acceptors (Lipinski definition) is 2. The Labute approximate surface area is 98.7 Å². The van der Waals surface area contributed by atoms with Crippen molar-refractivity contribution in [3.63, 3.8) is 0 Å². The summed E-state index contributed by atoms with van der Waals surface area (Å²) in [5.41, 5.74) is 0.602. The van der Waals surface area contributed by atoms with Gasteiger partial charge in [0.25, 0.3) is 6.47 Å². The van der Waals surface area contributed by atoms with Crippen LogP contribution in [0.25, 0.3) is 0 Å². The van der Waals surface area contributed by atoms with Crippen LogP contribution in [0, 0.1) is 22.7 Å². The van der Waals surface area contributed by atoms with Gasteiger partial charge in [0.15, 0.2) is 0 Å². The third kappa shape index (κ3) is 1.49. The van der Waals surface area contributed by atoms with E-state index in [4.69, 9.17) is 4.74 Å². The number of hydrogen-bond donors (Lipinski definition) is 0. The van der Waals surface area contributed by atoms with Crippen LogP contribution >= 0.6 is 0 Å². The summed E-state index contributed by atoms with van der Waals surface area (Å²) in [6, 6.07) is 0. The molecule has 0 aromatic heterocycles. The Morgan fingerprint density at radius 2 is 1.88 bits per heavy atom. The molecule has 2 aliphatic carbocycles. The summed E-state index contributed by atoms with van der Waals surface area (Å²) in [5.74, 6) is 1.52. The first-order chi connectivity index (χ1) is 7.43. The summed E-state index contributed by atoms with van der Waals surface area (Å²) in [6.45, 7) is 10.0. The van der Waals surface area contributed by atoms with Gasteiger partial charge in [0.1, 0.15) is 6.10 Å². The van der Waals surface area contributed by atoms with Crippen molar-refractivity contribution in [3.8, 4) is 0 Å². The summed E-state index contributed by atoms with van der Waals surface area (Å²) >= 11 is 0. The Hall–Kier alpha value is -0.530. The molecule has 0 amide bonds. The van der Waals surface area contributed by atoms with Gasteiger partial charge in [-0.1, -0.05) is 27.7 Å². The van der Waals surface area contributed by atoms with Crippen molar-refractivity contribution in [1.29, 1.82) is 0 Å². The molecule has 0 aromatic carbocycles. The van der Waals surface area contributed by atoms with E-state index in [-0.39, 0.29) is 11.5 Å². The van der Waals surface area contributed by atoms with Crippen molar-refractivity contribution in [3.05, 3.63) is 0 Å². The van der Waals surface area contributed by atoms with E-state index in [1.165, 1.54) is 19.3 Å². The zero-order valence-corrected chi connectivity index (χ0v) is 11.0. The third-order valence-corrected chi connectivity index (χ3v) is 5.70. The lowest BCUT2D eigenvalue weighted by molar-refractivity contribution is -0.154. The Balaban J connectivity index is 2.25. The van der Waals surface area contributed by atoms with E-state index in [0.717, 1.165) is 12.3 Å². The van der Waals surface area contributed by atoms with Crippen molar-refractivity contribution in [2.24, 2.45) is 22.7 Å². The number of carbonyl (C=O) groups excluding carboxylic acids is 1. The molecule has 0 bridgehead atoms. The molecule has 2 saturated carbocycles. The number of ether oxygens (including phenoxy) is 1. The maximum Gasteiger partial charge on any atom is 0.293 e. The Morgan fingerprint density at radius 3 is 2.50 bits per heavy atom. The van der Waals surface area contributed by atoms with Crippen molar-refractivity contribution >= 4 is 6.47 Å². The SMILES string of the molecule is C[C@@H]1CCC2C(C)(C)[C@H](OC=O)CC[C@@]21C. The van der Waals surface area contributed by atoms with Gasteiger partial charge in [-0.25, -0.2) is 0 Å². The first-order valence-corrected chi connectivity index (χ1v) is 6.52. The lowest BCUT2D eigenvalue weighted by atomic mass is 9.55. The van der Waals surface area contributed by atoms with Gasteiger partial charge in [-0.2, -0.15) is 0 Å². The molecular weight excluding hydrogens is 200 g/mol. The second kappa shape index (κ2) is 3.75. The smallest absolute Gasteiger partial charge is 0.293 e. The average molecular weight is 224 g/mol. The lowest BCUT2D eigenvalue weighted by Crippen LogP contribution is -2.49. The maximum absolute atomic E-state index is 10.6. The van der Waals surface area contributed by atoms with Gasteiger partial charge in [0.2, 0.25) is 0 Å². The van der Waals surface area contributed by atoms with Crippen LogP contribution in [-0.2, 0) is 9.53 Å². The first kappa shape index (κ1) is 11.9. The first-order valence-electron chi connectivity index (χ1n) is 6.52. The molecule has 0 N–H and O–H groups in total. The molecule has 0 aromatic rings. The van der Waals surface area contributed by atoms with Gasteiger partial charge < -0.3 is 4.74 Å². The maximum atomic E-state index is 10.6. The van der Waals surface area contributed by atoms with E-state index in [1.807, 2.05) is 0 Å². The second-order valence-corrected chi connectivity index (χ2v) is 6.62. The summed E-state index contributed by atoms with van der Waals surface area (Å²) < 4.78 is 5.31. The quantitative estimate of drug-likeness (QED) is 0.672. The Kier molecular flexibility index (Phi) is 2.80. The minimum absolute atomic E-state index is 0.119. The highest BCUT2D eigenvalue weighted by Gasteiger charge is 2.56. The van der Waals surface area contributed by atoms with Gasteiger partial charge in [0.05, 0.1) is 0 Å². The zero-order valence-electron chi connectivity index (χ0n) is 11.0. The molecule has 4 atom stereocenters. The van der Waals surface area contributed by atoms with Crippen LogP contribution in [0.2, 0.25) is 0 Å². The molecule has 0 saturated heterocycles. The van der Waals surface area contributed by atoms with Gasteiger partial charge >= 0.3 is 0 Å². The van der Waals surface area contributed by atoms with Crippen LogP contribution in [0.3, 0.4) is 0 Å². The van der Waals surface area contributed by atoms with Crippen LogP contribution in [0.5, 0.6) is 0 Å². The molecular formula is C14H24O2. The minimum Gasteiger partial charge on any atom is -0.464 e. The zero-order chi connectivity index (χ0) is 12.0. The van der Waals surface area contributed by atoms with Gasteiger partial charge in [-0.05, 0) is 42.9 Å². The Morgan fingerprint density at radius 1 is 1.19 bits per heavy atom. The van der Waals surface area contributed by atoms with Crippen molar-refractivity contribution in [2.45, 2.75) is 59.5 Å². The van der Waals surface area contributed by atoms with Crippen LogP contribution in [0.15, 0.2) is 0 Å². The topological polar surface area (TPSA) is 26.3 Å². The summed E-state index contributed by atoms with van der Waals surface area (Å²) in [7, 11) is 0. The molecule has 0 radical (unpaired) electrons. The normalized spacial score (nSPS) is 46.1. The minimum atomic E-state index is 0.119. The number of rotatable bonds is 2. The molecule has 92 valence electrons. The molecule has 2 aliphatic rings. The van der Waals surface area contributed by atoms with Gasteiger partial charge in [0, 0.05) is 5.41 Å². The van der Waals surface area contributed by atoms with Crippen LogP contribution < -0.4 is 0 Å². The lowest BCUT2D eigenvalue weighted by Gasteiger charge is -2.52. The van der Waals surface area contributed by atoms with Crippen molar-refractivity contribution in [2.75, 3.05) is 0 Å². The Bertz CT molecular complexity index is 284.